The van der Waals surface area contributed by atoms with Gasteiger partial charge in [0.15, 0.2) is 0 Å². The van der Waals surface area contributed by atoms with E-state index < -0.39 is 0 Å². The van der Waals surface area contributed by atoms with Crippen LogP contribution in [0.3, 0.4) is 0 Å². The predicted octanol–water partition coefficient (Wildman–Crippen LogP) is 1.96. The molecule has 3 heteroatoms. The maximum atomic E-state index is 8.60. The standard InChI is InChI=1S/C10H12N2O/c1-7-3-2-4-9-8(6-12-13)5-11-10(7)9/h2-5,11-13H,6H2,1H3. The van der Waals surface area contributed by atoms with Gasteiger partial charge >= 0.3 is 0 Å². The van der Waals surface area contributed by atoms with Gasteiger partial charge in [-0.05, 0) is 18.1 Å². The van der Waals surface area contributed by atoms with Crippen LogP contribution in [0.5, 0.6) is 0 Å². The molecule has 1 aromatic carbocycles. The Kier molecular flexibility index (Phi) is 2.04. The molecular weight excluding hydrogens is 164 g/mol. The van der Waals surface area contributed by atoms with Crippen molar-refractivity contribution in [1.82, 2.24) is 10.5 Å². The number of hydrogen-bond acceptors (Lipinski definition) is 2. The van der Waals surface area contributed by atoms with Crippen molar-refractivity contribution in [2.24, 2.45) is 0 Å². The summed E-state index contributed by atoms with van der Waals surface area (Å²) < 4.78 is 0. The van der Waals surface area contributed by atoms with Crippen LogP contribution in [0.4, 0.5) is 0 Å². The molecule has 0 spiro atoms. The van der Waals surface area contributed by atoms with Crippen molar-refractivity contribution < 1.29 is 5.21 Å². The number of para-hydroxylation sites is 1. The Labute approximate surface area is 76.4 Å². The topological polar surface area (TPSA) is 48.0 Å². The third-order valence-corrected chi connectivity index (χ3v) is 2.28. The van der Waals surface area contributed by atoms with Crippen molar-refractivity contribution in [2.45, 2.75) is 13.5 Å². The first-order valence-electron chi connectivity index (χ1n) is 4.25. The molecule has 0 bridgehead atoms. The summed E-state index contributed by atoms with van der Waals surface area (Å²) in [4.78, 5) is 3.19. The van der Waals surface area contributed by atoms with E-state index in [1.54, 1.807) is 0 Å². The van der Waals surface area contributed by atoms with Crippen LogP contribution in [-0.2, 0) is 6.54 Å². The first-order chi connectivity index (χ1) is 6.33. The van der Waals surface area contributed by atoms with E-state index in [0.717, 1.165) is 11.1 Å². The molecule has 0 aliphatic rings. The third-order valence-electron chi connectivity index (χ3n) is 2.28. The van der Waals surface area contributed by atoms with Gasteiger partial charge in [-0.2, -0.15) is 0 Å². The smallest absolute Gasteiger partial charge is 0.0487 e. The number of aromatic amines is 1. The second-order valence-corrected chi connectivity index (χ2v) is 3.15. The Bertz CT molecular complexity index is 420. The lowest BCUT2D eigenvalue weighted by atomic mass is 10.1. The molecule has 13 heavy (non-hydrogen) atoms. The Morgan fingerprint density at radius 3 is 3.08 bits per heavy atom. The quantitative estimate of drug-likeness (QED) is 0.612. The molecule has 0 unspecified atom stereocenters. The van der Waals surface area contributed by atoms with Gasteiger partial charge in [0.05, 0.1) is 0 Å². The molecule has 0 atom stereocenters. The number of aryl methyl sites for hydroxylation is 1. The van der Waals surface area contributed by atoms with Gasteiger partial charge in [-0.1, -0.05) is 18.2 Å². The van der Waals surface area contributed by atoms with Crippen LogP contribution in [0.1, 0.15) is 11.1 Å². The van der Waals surface area contributed by atoms with Gasteiger partial charge in [0, 0.05) is 23.6 Å². The van der Waals surface area contributed by atoms with E-state index in [1.165, 1.54) is 10.9 Å². The summed E-state index contributed by atoms with van der Waals surface area (Å²) in [6, 6.07) is 6.13. The summed E-state index contributed by atoms with van der Waals surface area (Å²) in [6.07, 6.45) is 1.92. The molecule has 0 fully saturated rings. The van der Waals surface area contributed by atoms with E-state index in [9.17, 15) is 0 Å². The highest BCUT2D eigenvalue weighted by Crippen LogP contribution is 2.20. The molecule has 0 amide bonds. The SMILES string of the molecule is Cc1cccc2c(CNO)c[nH]c12. The molecule has 1 aromatic heterocycles. The van der Waals surface area contributed by atoms with Crippen molar-refractivity contribution in [1.29, 1.82) is 0 Å². The molecular formula is C10H12N2O. The minimum absolute atomic E-state index is 0.476. The third kappa shape index (κ3) is 1.32. The van der Waals surface area contributed by atoms with Gasteiger partial charge in [-0.15, -0.1) is 0 Å². The van der Waals surface area contributed by atoms with Gasteiger partial charge in [-0.3, -0.25) is 0 Å². The fourth-order valence-electron chi connectivity index (χ4n) is 1.60. The zero-order chi connectivity index (χ0) is 9.26. The van der Waals surface area contributed by atoms with Gasteiger partial charge in [0.2, 0.25) is 0 Å². The lowest BCUT2D eigenvalue weighted by molar-refractivity contribution is 0.161. The molecule has 3 N–H and O–H groups in total. The van der Waals surface area contributed by atoms with Gasteiger partial charge in [-0.25, -0.2) is 5.48 Å². The first-order valence-corrected chi connectivity index (χ1v) is 4.25. The largest absolute Gasteiger partial charge is 0.361 e. The highest BCUT2D eigenvalue weighted by Gasteiger charge is 2.03. The summed E-state index contributed by atoms with van der Waals surface area (Å²) in [5, 5.41) is 9.77. The Morgan fingerprint density at radius 2 is 2.31 bits per heavy atom. The van der Waals surface area contributed by atoms with Crippen molar-refractivity contribution in [3.8, 4) is 0 Å². The number of H-pyrrole nitrogens is 1. The molecule has 0 aliphatic carbocycles. The van der Waals surface area contributed by atoms with Crippen molar-refractivity contribution >= 4 is 10.9 Å². The summed E-state index contributed by atoms with van der Waals surface area (Å²) in [6.45, 7) is 2.54. The molecule has 3 nitrogen and oxygen atoms in total. The first kappa shape index (κ1) is 8.29. The van der Waals surface area contributed by atoms with Crippen LogP contribution in [0.15, 0.2) is 24.4 Å². The summed E-state index contributed by atoms with van der Waals surface area (Å²) >= 11 is 0. The second-order valence-electron chi connectivity index (χ2n) is 3.15. The highest BCUT2D eigenvalue weighted by atomic mass is 16.5. The van der Waals surface area contributed by atoms with Crippen molar-refractivity contribution in [3.63, 3.8) is 0 Å². The molecule has 0 radical (unpaired) electrons. The Hall–Kier alpha value is -1.32. The predicted molar refractivity (Wildman–Crippen MR) is 51.7 cm³/mol. The Balaban J connectivity index is 2.61. The van der Waals surface area contributed by atoms with Crippen LogP contribution in [-0.4, -0.2) is 10.2 Å². The number of hydrogen-bond donors (Lipinski definition) is 3. The summed E-state index contributed by atoms with van der Waals surface area (Å²) in [7, 11) is 0. The summed E-state index contributed by atoms with van der Waals surface area (Å²) in [5.74, 6) is 0. The lowest BCUT2D eigenvalue weighted by Crippen LogP contribution is -2.05. The van der Waals surface area contributed by atoms with Crippen LogP contribution >= 0.6 is 0 Å². The minimum atomic E-state index is 0.476. The van der Waals surface area contributed by atoms with Crippen LogP contribution in [0, 0.1) is 6.92 Å². The molecule has 2 rings (SSSR count). The number of benzene rings is 1. The van der Waals surface area contributed by atoms with E-state index in [1.807, 2.05) is 18.3 Å². The highest BCUT2D eigenvalue weighted by molar-refractivity contribution is 5.85. The van der Waals surface area contributed by atoms with Gasteiger partial charge in [0.25, 0.3) is 0 Å². The average Bonchev–Trinajstić information content (AvgIpc) is 2.51. The van der Waals surface area contributed by atoms with E-state index in [4.69, 9.17) is 5.21 Å². The number of hydroxylamine groups is 1. The van der Waals surface area contributed by atoms with Crippen LogP contribution in [0.25, 0.3) is 10.9 Å². The fraction of sp³-hybridized carbons (Fsp3) is 0.200. The maximum absolute atomic E-state index is 8.60. The number of rotatable bonds is 2. The lowest BCUT2D eigenvalue weighted by Gasteiger charge is -1.97. The number of nitrogens with one attached hydrogen (secondary N) is 2. The average molecular weight is 176 g/mol. The Morgan fingerprint density at radius 1 is 1.46 bits per heavy atom. The second kappa shape index (κ2) is 3.20. The molecule has 0 saturated carbocycles. The molecule has 0 saturated heterocycles. The van der Waals surface area contributed by atoms with Gasteiger partial charge < -0.3 is 10.2 Å². The number of aromatic nitrogens is 1. The maximum Gasteiger partial charge on any atom is 0.0487 e. The minimum Gasteiger partial charge on any atom is -0.361 e. The van der Waals surface area contributed by atoms with Crippen molar-refractivity contribution in [3.05, 3.63) is 35.5 Å². The van der Waals surface area contributed by atoms with E-state index in [0.29, 0.717) is 6.54 Å². The monoisotopic (exact) mass is 176 g/mol. The van der Waals surface area contributed by atoms with E-state index in [2.05, 4.69) is 23.5 Å². The van der Waals surface area contributed by atoms with Crippen LogP contribution < -0.4 is 5.48 Å². The van der Waals surface area contributed by atoms with E-state index in [-0.39, 0.29) is 0 Å². The number of fused-ring (bicyclic) bond motifs is 1. The molecule has 0 aliphatic heterocycles. The molecule has 1 heterocycles. The zero-order valence-electron chi connectivity index (χ0n) is 7.46. The fourth-order valence-corrected chi connectivity index (χ4v) is 1.60. The summed E-state index contributed by atoms with van der Waals surface area (Å²) in [5.41, 5.74) is 5.62. The molecule has 2 aromatic rings. The van der Waals surface area contributed by atoms with E-state index >= 15 is 0 Å². The van der Waals surface area contributed by atoms with Gasteiger partial charge in [0.1, 0.15) is 0 Å². The van der Waals surface area contributed by atoms with Crippen molar-refractivity contribution in [2.75, 3.05) is 0 Å². The normalized spacial score (nSPS) is 10.9. The zero-order valence-corrected chi connectivity index (χ0v) is 7.46. The molecule has 68 valence electrons. The van der Waals surface area contributed by atoms with Crippen LogP contribution in [0.2, 0.25) is 0 Å².